The van der Waals surface area contributed by atoms with E-state index >= 15 is 0 Å². The number of aliphatic hydroxyl groups excluding tert-OH is 1. The second-order valence-electron chi connectivity index (χ2n) is 7.70. The minimum atomic E-state index is -0.768. The average molecular weight is 390 g/mol. The Labute approximate surface area is 168 Å². The summed E-state index contributed by atoms with van der Waals surface area (Å²) in [6.45, 7) is 6.58. The summed E-state index contributed by atoms with van der Waals surface area (Å²) >= 11 is 0. The first-order valence-corrected chi connectivity index (χ1v) is 9.60. The molecular formula is C21H22N6O2. The van der Waals surface area contributed by atoms with Crippen LogP contribution in [0, 0.1) is 24.2 Å². The van der Waals surface area contributed by atoms with Gasteiger partial charge in [-0.2, -0.15) is 5.26 Å². The van der Waals surface area contributed by atoms with Crippen LogP contribution in [0.2, 0.25) is 0 Å². The standard InChI is InChI=1S/C21H22N6O2/c1-12(2)19(28)20-25-24-18-5-4-14(11-27(18)20)21(29)26-7-6-16-15(10-26)9-23-13(3)17(16)8-22/h4-5,9,11-12,19,28H,6-7,10H2,1-3H3. The Bertz CT molecular complexity index is 1140. The predicted octanol–water partition coefficient (Wildman–Crippen LogP) is 2.19. The van der Waals surface area contributed by atoms with Crippen molar-refractivity contribution in [3.05, 3.63) is 58.3 Å². The number of aliphatic hydroxyl groups is 1. The normalized spacial score (nSPS) is 14.7. The van der Waals surface area contributed by atoms with Gasteiger partial charge in [0.1, 0.15) is 12.2 Å². The lowest BCUT2D eigenvalue weighted by molar-refractivity contribution is 0.0733. The SMILES string of the molecule is Cc1ncc2c(c1C#N)CCN(C(=O)c1ccc3nnc(C(O)C(C)C)n3c1)C2. The van der Waals surface area contributed by atoms with Crippen molar-refractivity contribution >= 4 is 11.6 Å². The highest BCUT2D eigenvalue weighted by Gasteiger charge is 2.26. The summed E-state index contributed by atoms with van der Waals surface area (Å²) in [5.74, 6) is 0.285. The van der Waals surface area contributed by atoms with Crippen LogP contribution in [0.15, 0.2) is 24.5 Å². The topological polar surface area (TPSA) is 107 Å². The van der Waals surface area contributed by atoms with Gasteiger partial charge < -0.3 is 10.0 Å². The summed E-state index contributed by atoms with van der Waals surface area (Å²) in [7, 11) is 0. The van der Waals surface area contributed by atoms with Crippen molar-refractivity contribution in [1.29, 1.82) is 5.26 Å². The first kappa shape index (κ1) is 19.0. The van der Waals surface area contributed by atoms with Crippen LogP contribution < -0.4 is 0 Å². The zero-order valence-electron chi connectivity index (χ0n) is 16.6. The number of carbonyl (C=O) groups is 1. The molecule has 8 nitrogen and oxygen atoms in total. The number of carbonyl (C=O) groups excluding carboxylic acids is 1. The van der Waals surface area contributed by atoms with E-state index in [4.69, 9.17) is 0 Å². The Hall–Kier alpha value is -3.31. The molecule has 0 aromatic carbocycles. The van der Waals surface area contributed by atoms with E-state index in [-0.39, 0.29) is 11.8 Å². The molecule has 1 aliphatic heterocycles. The molecule has 0 radical (unpaired) electrons. The van der Waals surface area contributed by atoms with Crippen LogP contribution >= 0.6 is 0 Å². The van der Waals surface area contributed by atoms with E-state index in [0.29, 0.717) is 42.1 Å². The Morgan fingerprint density at radius 2 is 2.10 bits per heavy atom. The van der Waals surface area contributed by atoms with Crippen molar-refractivity contribution in [3.63, 3.8) is 0 Å². The summed E-state index contributed by atoms with van der Waals surface area (Å²) in [5, 5.41) is 28.0. The van der Waals surface area contributed by atoms with Gasteiger partial charge in [0.05, 0.1) is 16.8 Å². The van der Waals surface area contributed by atoms with Crippen LogP contribution in [0.25, 0.3) is 5.65 Å². The van der Waals surface area contributed by atoms with Gasteiger partial charge in [0.2, 0.25) is 0 Å². The van der Waals surface area contributed by atoms with Gasteiger partial charge in [-0.05, 0) is 42.5 Å². The van der Waals surface area contributed by atoms with Gasteiger partial charge in [0.25, 0.3) is 5.91 Å². The van der Waals surface area contributed by atoms with Gasteiger partial charge in [-0.25, -0.2) is 0 Å². The second-order valence-corrected chi connectivity index (χ2v) is 7.70. The third-order valence-electron chi connectivity index (χ3n) is 5.43. The summed E-state index contributed by atoms with van der Waals surface area (Å²) in [4.78, 5) is 19.2. The van der Waals surface area contributed by atoms with Crippen LogP contribution in [0.3, 0.4) is 0 Å². The third-order valence-corrected chi connectivity index (χ3v) is 5.43. The molecule has 4 rings (SSSR count). The molecule has 3 aromatic heterocycles. The smallest absolute Gasteiger partial charge is 0.255 e. The maximum Gasteiger partial charge on any atom is 0.255 e. The number of amides is 1. The molecule has 0 bridgehead atoms. The number of hydrogen-bond donors (Lipinski definition) is 1. The van der Waals surface area contributed by atoms with E-state index < -0.39 is 6.10 Å². The first-order chi connectivity index (χ1) is 13.9. The highest BCUT2D eigenvalue weighted by molar-refractivity contribution is 5.94. The number of nitrogens with zero attached hydrogens (tertiary/aromatic N) is 6. The number of aromatic nitrogens is 4. The molecule has 0 saturated carbocycles. The van der Waals surface area contributed by atoms with Crippen molar-refractivity contribution in [3.8, 4) is 6.07 Å². The summed E-state index contributed by atoms with van der Waals surface area (Å²) in [5.41, 5.74) is 4.32. The number of nitriles is 1. The molecule has 8 heteroatoms. The average Bonchev–Trinajstić information content (AvgIpc) is 3.15. The van der Waals surface area contributed by atoms with Gasteiger partial charge in [0.15, 0.2) is 11.5 Å². The molecule has 1 aliphatic rings. The summed E-state index contributed by atoms with van der Waals surface area (Å²) in [6, 6.07) is 5.69. The molecule has 1 amide bonds. The molecule has 1 atom stereocenters. The second kappa shape index (κ2) is 7.26. The minimum Gasteiger partial charge on any atom is -0.385 e. The molecule has 0 fully saturated rings. The molecule has 0 aliphatic carbocycles. The molecule has 3 aromatic rings. The zero-order chi connectivity index (χ0) is 20.7. The van der Waals surface area contributed by atoms with Gasteiger partial charge in [-0.3, -0.25) is 14.2 Å². The van der Waals surface area contributed by atoms with Crippen molar-refractivity contribution in [2.24, 2.45) is 5.92 Å². The van der Waals surface area contributed by atoms with E-state index in [1.165, 1.54) is 0 Å². The van der Waals surface area contributed by atoms with Gasteiger partial charge in [-0.1, -0.05) is 13.8 Å². The zero-order valence-corrected chi connectivity index (χ0v) is 16.6. The minimum absolute atomic E-state index is 0.0226. The molecule has 1 unspecified atom stereocenters. The quantitative estimate of drug-likeness (QED) is 0.735. The number of aryl methyl sites for hydroxylation is 1. The van der Waals surface area contributed by atoms with Crippen LogP contribution in [-0.4, -0.2) is 42.0 Å². The summed E-state index contributed by atoms with van der Waals surface area (Å²) < 4.78 is 1.68. The van der Waals surface area contributed by atoms with E-state index in [9.17, 15) is 15.2 Å². The highest BCUT2D eigenvalue weighted by atomic mass is 16.3. The van der Waals surface area contributed by atoms with E-state index in [0.717, 1.165) is 16.8 Å². The number of rotatable bonds is 3. The fourth-order valence-corrected chi connectivity index (χ4v) is 3.69. The van der Waals surface area contributed by atoms with Gasteiger partial charge >= 0.3 is 0 Å². The van der Waals surface area contributed by atoms with Crippen LogP contribution in [-0.2, 0) is 13.0 Å². The lowest BCUT2D eigenvalue weighted by Gasteiger charge is -2.29. The highest BCUT2D eigenvalue weighted by Crippen LogP contribution is 2.25. The van der Waals surface area contributed by atoms with Crippen molar-refractivity contribution in [2.45, 2.75) is 39.8 Å². The van der Waals surface area contributed by atoms with E-state index in [1.807, 2.05) is 20.8 Å². The fourth-order valence-electron chi connectivity index (χ4n) is 3.69. The van der Waals surface area contributed by atoms with Crippen molar-refractivity contribution in [2.75, 3.05) is 6.54 Å². The van der Waals surface area contributed by atoms with Crippen LogP contribution in [0.5, 0.6) is 0 Å². The van der Waals surface area contributed by atoms with E-state index in [1.54, 1.807) is 33.8 Å². The molecule has 0 spiro atoms. The van der Waals surface area contributed by atoms with Crippen molar-refractivity contribution in [1.82, 2.24) is 24.5 Å². The van der Waals surface area contributed by atoms with Gasteiger partial charge in [0, 0.05) is 25.5 Å². The number of fused-ring (bicyclic) bond motifs is 2. The molecular weight excluding hydrogens is 368 g/mol. The fraction of sp³-hybridized carbons (Fsp3) is 0.381. The Morgan fingerprint density at radius 3 is 2.83 bits per heavy atom. The number of hydrogen-bond acceptors (Lipinski definition) is 6. The van der Waals surface area contributed by atoms with Crippen molar-refractivity contribution < 1.29 is 9.90 Å². The predicted molar refractivity (Wildman–Crippen MR) is 105 cm³/mol. The number of pyridine rings is 2. The maximum atomic E-state index is 13.1. The Kier molecular flexibility index (Phi) is 4.76. The lowest BCUT2D eigenvalue weighted by Crippen LogP contribution is -2.36. The lowest BCUT2D eigenvalue weighted by atomic mass is 9.95. The molecule has 29 heavy (non-hydrogen) atoms. The molecule has 1 N–H and O–H groups in total. The monoisotopic (exact) mass is 390 g/mol. The summed E-state index contributed by atoms with van der Waals surface area (Å²) in [6.07, 6.45) is 3.29. The third kappa shape index (κ3) is 3.23. The maximum absolute atomic E-state index is 13.1. The Balaban J connectivity index is 1.64. The Morgan fingerprint density at radius 1 is 1.31 bits per heavy atom. The molecule has 148 valence electrons. The van der Waals surface area contributed by atoms with Crippen LogP contribution in [0.4, 0.5) is 0 Å². The van der Waals surface area contributed by atoms with E-state index in [2.05, 4.69) is 21.3 Å². The van der Waals surface area contributed by atoms with Gasteiger partial charge in [-0.15, -0.1) is 10.2 Å². The molecule has 4 heterocycles. The largest absolute Gasteiger partial charge is 0.385 e. The molecule has 0 saturated heterocycles. The first-order valence-electron chi connectivity index (χ1n) is 9.60. The van der Waals surface area contributed by atoms with Crippen LogP contribution in [0.1, 0.15) is 58.5 Å².